The normalized spacial score (nSPS) is 16.4. The molecule has 1 amide bonds. The molecule has 0 unspecified atom stereocenters. The minimum Gasteiger partial charge on any atom is -0.484 e. The fraction of sp³-hybridized carbons (Fsp3) is 0.500. The molecule has 1 heterocycles. The Morgan fingerprint density at radius 3 is 2.79 bits per heavy atom. The molecule has 1 aromatic rings. The van der Waals surface area contributed by atoms with E-state index in [-0.39, 0.29) is 19.1 Å². The van der Waals surface area contributed by atoms with Gasteiger partial charge in [0.15, 0.2) is 6.61 Å². The molecule has 0 atom stereocenters. The van der Waals surface area contributed by atoms with E-state index in [1.165, 1.54) is 0 Å². The molecule has 0 aliphatic carbocycles. The number of hydrogen-bond donors (Lipinski definition) is 2. The number of likely N-dealkylation sites (tertiary alicyclic amines) is 1. The molecule has 1 aliphatic heterocycles. The highest BCUT2D eigenvalue weighted by Crippen LogP contribution is 2.17. The number of aliphatic hydroxyl groups excluding tert-OH is 1. The Hall–Kier alpha value is -1.75. The van der Waals surface area contributed by atoms with Crippen LogP contribution in [-0.4, -0.2) is 42.2 Å². The Kier molecular flexibility index (Phi) is 4.63. The smallest absolute Gasteiger partial charge is 0.260 e. The van der Waals surface area contributed by atoms with Crippen LogP contribution in [0.3, 0.4) is 0 Å². The lowest BCUT2D eigenvalue weighted by Crippen LogP contribution is -2.41. The number of aliphatic hydroxyl groups is 1. The summed E-state index contributed by atoms with van der Waals surface area (Å²) in [6.07, 6.45) is 1.72. The summed E-state index contributed by atoms with van der Waals surface area (Å²) in [6.45, 7) is 1.64. The zero-order valence-corrected chi connectivity index (χ0v) is 10.9. The van der Waals surface area contributed by atoms with Gasteiger partial charge in [0, 0.05) is 31.5 Å². The van der Waals surface area contributed by atoms with Crippen LogP contribution in [-0.2, 0) is 4.79 Å². The number of benzene rings is 1. The van der Waals surface area contributed by atoms with Crippen LogP contribution in [0.2, 0.25) is 0 Å². The number of nitrogen functional groups attached to an aromatic ring is 1. The largest absolute Gasteiger partial charge is 0.484 e. The molecule has 5 heteroatoms. The number of anilines is 1. The van der Waals surface area contributed by atoms with Crippen molar-refractivity contribution in [3.63, 3.8) is 0 Å². The van der Waals surface area contributed by atoms with Gasteiger partial charge in [-0.15, -0.1) is 0 Å². The lowest BCUT2D eigenvalue weighted by Gasteiger charge is -2.31. The molecule has 1 aromatic carbocycles. The van der Waals surface area contributed by atoms with Crippen LogP contribution in [0.1, 0.15) is 12.8 Å². The topological polar surface area (TPSA) is 75.8 Å². The van der Waals surface area contributed by atoms with Crippen LogP contribution in [0.4, 0.5) is 5.69 Å². The fourth-order valence-corrected chi connectivity index (χ4v) is 2.21. The second-order valence-electron chi connectivity index (χ2n) is 4.87. The van der Waals surface area contributed by atoms with Gasteiger partial charge in [-0.3, -0.25) is 4.79 Å². The molecule has 5 nitrogen and oxygen atoms in total. The van der Waals surface area contributed by atoms with E-state index in [1.807, 2.05) is 0 Å². The van der Waals surface area contributed by atoms with E-state index in [0.29, 0.717) is 30.4 Å². The van der Waals surface area contributed by atoms with Gasteiger partial charge in [-0.2, -0.15) is 0 Å². The SMILES string of the molecule is Nc1cccc(OCC(=O)N2CCC(CO)CC2)c1. The van der Waals surface area contributed by atoms with Gasteiger partial charge in [0.05, 0.1) is 0 Å². The molecule has 3 N–H and O–H groups in total. The first-order chi connectivity index (χ1) is 9.19. The summed E-state index contributed by atoms with van der Waals surface area (Å²) in [5.74, 6) is 0.927. The summed E-state index contributed by atoms with van der Waals surface area (Å²) in [6, 6.07) is 7.04. The van der Waals surface area contributed by atoms with Crippen molar-refractivity contribution < 1.29 is 14.6 Å². The van der Waals surface area contributed by atoms with Gasteiger partial charge in [-0.05, 0) is 30.9 Å². The van der Waals surface area contributed by atoms with E-state index in [2.05, 4.69) is 0 Å². The third-order valence-corrected chi connectivity index (χ3v) is 3.45. The number of rotatable bonds is 4. The van der Waals surface area contributed by atoms with Crippen molar-refractivity contribution in [3.05, 3.63) is 24.3 Å². The molecular formula is C14H20N2O3. The van der Waals surface area contributed by atoms with Gasteiger partial charge >= 0.3 is 0 Å². The highest BCUT2D eigenvalue weighted by molar-refractivity contribution is 5.77. The molecule has 104 valence electrons. The zero-order valence-electron chi connectivity index (χ0n) is 10.9. The number of carbonyl (C=O) groups is 1. The Morgan fingerprint density at radius 1 is 1.42 bits per heavy atom. The van der Waals surface area contributed by atoms with Gasteiger partial charge in [0.1, 0.15) is 5.75 Å². The van der Waals surface area contributed by atoms with E-state index in [4.69, 9.17) is 15.6 Å². The summed E-state index contributed by atoms with van der Waals surface area (Å²) in [5, 5.41) is 9.05. The molecule has 0 radical (unpaired) electrons. The van der Waals surface area contributed by atoms with Crippen LogP contribution in [0, 0.1) is 5.92 Å². The van der Waals surface area contributed by atoms with E-state index < -0.39 is 0 Å². The predicted octanol–water partition coefficient (Wildman–Crippen LogP) is 0.878. The van der Waals surface area contributed by atoms with Gasteiger partial charge in [0.25, 0.3) is 5.91 Å². The van der Waals surface area contributed by atoms with Gasteiger partial charge in [-0.25, -0.2) is 0 Å². The molecule has 0 aromatic heterocycles. The lowest BCUT2D eigenvalue weighted by molar-refractivity contribution is -0.134. The highest BCUT2D eigenvalue weighted by Gasteiger charge is 2.22. The number of carbonyl (C=O) groups excluding carboxylic acids is 1. The average molecular weight is 264 g/mol. The quantitative estimate of drug-likeness (QED) is 0.792. The molecule has 1 aliphatic rings. The first-order valence-corrected chi connectivity index (χ1v) is 6.56. The molecular weight excluding hydrogens is 244 g/mol. The van der Waals surface area contributed by atoms with Gasteiger partial charge < -0.3 is 20.5 Å². The number of nitrogens with zero attached hydrogens (tertiary/aromatic N) is 1. The van der Waals surface area contributed by atoms with E-state index in [1.54, 1.807) is 29.2 Å². The van der Waals surface area contributed by atoms with Crippen molar-refractivity contribution >= 4 is 11.6 Å². The standard InChI is InChI=1S/C14H20N2O3/c15-12-2-1-3-13(8-12)19-10-14(18)16-6-4-11(9-17)5-7-16/h1-3,8,11,17H,4-7,9-10,15H2. The van der Waals surface area contributed by atoms with Crippen LogP contribution >= 0.6 is 0 Å². The number of nitrogens with two attached hydrogens (primary N) is 1. The summed E-state index contributed by atoms with van der Waals surface area (Å²) < 4.78 is 5.43. The summed E-state index contributed by atoms with van der Waals surface area (Å²) in [4.78, 5) is 13.7. The van der Waals surface area contributed by atoms with Crippen molar-refractivity contribution in [2.45, 2.75) is 12.8 Å². The fourth-order valence-electron chi connectivity index (χ4n) is 2.21. The van der Waals surface area contributed by atoms with Crippen molar-refractivity contribution in [1.82, 2.24) is 4.90 Å². The molecule has 2 rings (SSSR count). The van der Waals surface area contributed by atoms with E-state index >= 15 is 0 Å². The van der Waals surface area contributed by atoms with Crippen molar-refractivity contribution in [3.8, 4) is 5.75 Å². The van der Waals surface area contributed by atoms with Crippen molar-refractivity contribution in [2.75, 3.05) is 32.0 Å². The van der Waals surface area contributed by atoms with Crippen molar-refractivity contribution in [2.24, 2.45) is 5.92 Å². The predicted molar refractivity (Wildman–Crippen MR) is 72.7 cm³/mol. The molecule has 1 fully saturated rings. The number of hydrogen-bond acceptors (Lipinski definition) is 4. The van der Waals surface area contributed by atoms with Crippen LogP contribution in [0.25, 0.3) is 0 Å². The minimum atomic E-state index is -0.0150. The molecule has 1 saturated heterocycles. The van der Waals surface area contributed by atoms with Crippen LogP contribution in [0.15, 0.2) is 24.3 Å². The summed E-state index contributed by atoms with van der Waals surface area (Å²) in [5.41, 5.74) is 6.26. The molecule has 0 saturated carbocycles. The van der Waals surface area contributed by atoms with Gasteiger partial charge in [-0.1, -0.05) is 6.07 Å². The molecule has 0 bridgehead atoms. The maximum atomic E-state index is 12.0. The monoisotopic (exact) mass is 264 g/mol. The Morgan fingerprint density at radius 2 is 2.16 bits per heavy atom. The van der Waals surface area contributed by atoms with Crippen LogP contribution in [0.5, 0.6) is 5.75 Å². The summed E-state index contributed by atoms with van der Waals surface area (Å²) in [7, 11) is 0. The maximum absolute atomic E-state index is 12.0. The number of ether oxygens (including phenoxy) is 1. The van der Waals surface area contributed by atoms with E-state index in [0.717, 1.165) is 12.8 Å². The number of piperidine rings is 1. The third-order valence-electron chi connectivity index (χ3n) is 3.45. The van der Waals surface area contributed by atoms with Crippen LogP contribution < -0.4 is 10.5 Å². The second kappa shape index (κ2) is 6.43. The minimum absolute atomic E-state index is 0.0150. The lowest BCUT2D eigenvalue weighted by atomic mass is 9.98. The third kappa shape index (κ3) is 3.86. The Bertz CT molecular complexity index is 428. The first kappa shape index (κ1) is 13.7. The van der Waals surface area contributed by atoms with Gasteiger partial charge in [0.2, 0.25) is 0 Å². The highest BCUT2D eigenvalue weighted by atomic mass is 16.5. The molecule has 0 spiro atoms. The van der Waals surface area contributed by atoms with Crippen molar-refractivity contribution in [1.29, 1.82) is 0 Å². The Balaban J connectivity index is 1.79. The average Bonchev–Trinajstić information content (AvgIpc) is 2.45. The number of amides is 1. The summed E-state index contributed by atoms with van der Waals surface area (Å²) >= 11 is 0. The maximum Gasteiger partial charge on any atom is 0.260 e. The Labute approximate surface area is 113 Å². The zero-order chi connectivity index (χ0) is 13.7. The first-order valence-electron chi connectivity index (χ1n) is 6.56. The second-order valence-corrected chi connectivity index (χ2v) is 4.87. The van der Waals surface area contributed by atoms with E-state index in [9.17, 15) is 4.79 Å². The molecule has 19 heavy (non-hydrogen) atoms.